The van der Waals surface area contributed by atoms with E-state index >= 15 is 0 Å². The number of hydrogen-bond donors (Lipinski definition) is 0. The number of carbonyl (C=O) groups is 1. The predicted molar refractivity (Wildman–Crippen MR) is 70.9 cm³/mol. The Hall–Kier alpha value is -1.43. The quantitative estimate of drug-likeness (QED) is 0.362. The summed E-state index contributed by atoms with van der Waals surface area (Å²) in [5.41, 5.74) is 1.36. The Balaban J connectivity index is 2.90. The second kappa shape index (κ2) is 6.49. The molecule has 1 aromatic carbocycles. The molecule has 6 heteroatoms. The smallest absolute Gasteiger partial charge is 0.320 e. The summed E-state index contributed by atoms with van der Waals surface area (Å²) in [6.45, 7) is 3.79. The maximum absolute atomic E-state index is 11.5. The van der Waals surface area contributed by atoms with Crippen LogP contribution in [0.25, 0.3) is 0 Å². The van der Waals surface area contributed by atoms with Crippen LogP contribution in [0.5, 0.6) is 0 Å². The van der Waals surface area contributed by atoms with E-state index in [1.807, 2.05) is 0 Å². The molecule has 0 aliphatic carbocycles. The zero-order valence-electron chi connectivity index (χ0n) is 10.2. The van der Waals surface area contributed by atoms with Crippen LogP contribution in [0.4, 0.5) is 5.69 Å². The molecule has 1 atom stereocenters. The van der Waals surface area contributed by atoms with Crippen molar-refractivity contribution in [2.75, 3.05) is 6.61 Å². The summed E-state index contributed by atoms with van der Waals surface area (Å²) in [5, 5.41) is 10.9. The number of nitrogens with zero attached hydrogens (tertiary/aromatic N) is 1. The molecule has 0 N–H and O–H groups in total. The lowest BCUT2D eigenvalue weighted by molar-refractivity contribution is -0.385. The van der Waals surface area contributed by atoms with E-state index in [4.69, 9.17) is 4.74 Å². The highest BCUT2D eigenvalue weighted by atomic mass is 79.9. The van der Waals surface area contributed by atoms with Crippen LogP contribution in [0.15, 0.2) is 18.2 Å². The Kier molecular flexibility index (Phi) is 5.27. The molecule has 1 unspecified atom stereocenters. The predicted octanol–water partition coefficient (Wildman–Crippen LogP) is 2.77. The molecule has 0 aliphatic rings. The standard InChI is InChI=1S/C12H14BrNO4/c1-3-18-12(15)10(13)7-9-5-4-8(2)6-11(9)14(16)17/h4-6,10H,3,7H2,1-2H3. The Morgan fingerprint density at radius 2 is 2.22 bits per heavy atom. The zero-order chi connectivity index (χ0) is 13.7. The molecule has 0 fully saturated rings. The molecule has 1 aromatic rings. The molecule has 0 aromatic heterocycles. The SMILES string of the molecule is CCOC(=O)C(Br)Cc1ccc(C)cc1[N+](=O)[O-]. The second-order valence-electron chi connectivity index (χ2n) is 3.81. The molecule has 0 heterocycles. The topological polar surface area (TPSA) is 69.4 Å². The number of alkyl halides is 1. The van der Waals surface area contributed by atoms with Crippen molar-refractivity contribution in [1.82, 2.24) is 0 Å². The first-order valence-corrected chi connectivity index (χ1v) is 6.42. The van der Waals surface area contributed by atoms with Crippen LogP contribution in [-0.4, -0.2) is 22.3 Å². The van der Waals surface area contributed by atoms with Crippen LogP contribution in [-0.2, 0) is 16.0 Å². The highest BCUT2D eigenvalue weighted by molar-refractivity contribution is 9.10. The summed E-state index contributed by atoms with van der Waals surface area (Å²) in [5.74, 6) is -0.410. The minimum absolute atomic E-state index is 0.0312. The van der Waals surface area contributed by atoms with Crippen LogP contribution in [0.1, 0.15) is 18.1 Å². The van der Waals surface area contributed by atoms with Crippen molar-refractivity contribution in [3.8, 4) is 0 Å². The van der Waals surface area contributed by atoms with Crippen LogP contribution in [0.2, 0.25) is 0 Å². The molecule has 0 bridgehead atoms. The summed E-state index contributed by atoms with van der Waals surface area (Å²) >= 11 is 3.19. The third kappa shape index (κ3) is 3.80. The average Bonchev–Trinajstić information content (AvgIpc) is 2.31. The fourth-order valence-electron chi connectivity index (χ4n) is 1.53. The molecule has 98 valence electrons. The van der Waals surface area contributed by atoms with Gasteiger partial charge in [0.15, 0.2) is 0 Å². The molecular formula is C12H14BrNO4. The zero-order valence-corrected chi connectivity index (χ0v) is 11.8. The van der Waals surface area contributed by atoms with Crippen molar-refractivity contribution < 1.29 is 14.5 Å². The van der Waals surface area contributed by atoms with Gasteiger partial charge in [-0.15, -0.1) is 0 Å². The number of benzene rings is 1. The first-order chi connectivity index (χ1) is 8.45. The van der Waals surface area contributed by atoms with E-state index in [1.165, 1.54) is 6.07 Å². The minimum Gasteiger partial charge on any atom is -0.465 e. The molecule has 0 saturated carbocycles. The van der Waals surface area contributed by atoms with Crippen molar-refractivity contribution in [3.05, 3.63) is 39.4 Å². The van der Waals surface area contributed by atoms with E-state index in [1.54, 1.807) is 26.0 Å². The Labute approximate surface area is 113 Å². The lowest BCUT2D eigenvalue weighted by Gasteiger charge is -2.09. The van der Waals surface area contributed by atoms with Gasteiger partial charge in [0.1, 0.15) is 4.83 Å². The monoisotopic (exact) mass is 315 g/mol. The first-order valence-electron chi connectivity index (χ1n) is 5.50. The highest BCUT2D eigenvalue weighted by Gasteiger charge is 2.22. The molecule has 0 spiro atoms. The van der Waals surface area contributed by atoms with Crippen LogP contribution in [0.3, 0.4) is 0 Å². The molecule has 0 aliphatic heterocycles. The maximum atomic E-state index is 11.5. The van der Waals surface area contributed by atoms with E-state index in [-0.39, 0.29) is 18.7 Å². The Bertz CT molecular complexity index is 461. The summed E-state index contributed by atoms with van der Waals surface area (Å²) < 4.78 is 4.84. The third-order valence-electron chi connectivity index (χ3n) is 2.38. The highest BCUT2D eigenvalue weighted by Crippen LogP contribution is 2.23. The van der Waals surface area contributed by atoms with Gasteiger partial charge in [0, 0.05) is 18.1 Å². The van der Waals surface area contributed by atoms with Crippen LogP contribution >= 0.6 is 15.9 Å². The number of ether oxygens (including phenoxy) is 1. The van der Waals surface area contributed by atoms with Crippen LogP contribution in [0, 0.1) is 17.0 Å². The fraction of sp³-hybridized carbons (Fsp3) is 0.417. The average molecular weight is 316 g/mol. The molecule has 0 amide bonds. The van der Waals surface area contributed by atoms with E-state index in [2.05, 4.69) is 15.9 Å². The first kappa shape index (κ1) is 14.6. The number of nitro benzene ring substituents is 1. The number of carbonyl (C=O) groups excluding carboxylic acids is 1. The Morgan fingerprint density at radius 1 is 1.56 bits per heavy atom. The number of hydrogen-bond acceptors (Lipinski definition) is 4. The van der Waals surface area contributed by atoms with Crippen molar-refractivity contribution in [3.63, 3.8) is 0 Å². The van der Waals surface area contributed by atoms with E-state index in [0.717, 1.165) is 5.56 Å². The van der Waals surface area contributed by atoms with Gasteiger partial charge in [-0.05, 0) is 19.4 Å². The lowest BCUT2D eigenvalue weighted by Crippen LogP contribution is -2.20. The van der Waals surface area contributed by atoms with E-state index < -0.39 is 15.7 Å². The van der Waals surface area contributed by atoms with Crippen molar-refractivity contribution >= 4 is 27.6 Å². The summed E-state index contributed by atoms with van der Waals surface area (Å²) in [6, 6.07) is 4.95. The van der Waals surface area contributed by atoms with Gasteiger partial charge in [0.25, 0.3) is 5.69 Å². The van der Waals surface area contributed by atoms with Gasteiger partial charge < -0.3 is 4.74 Å². The number of esters is 1. The molecule has 18 heavy (non-hydrogen) atoms. The summed E-state index contributed by atoms with van der Waals surface area (Å²) in [6.07, 6.45) is 0.232. The largest absolute Gasteiger partial charge is 0.465 e. The fourth-order valence-corrected chi connectivity index (χ4v) is 2.01. The second-order valence-corrected chi connectivity index (χ2v) is 4.92. The molecule has 0 saturated heterocycles. The van der Waals surface area contributed by atoms with Gasteiger partial charge in [-0.1, -0.05) is 28.1 Å². The molecule has 0 radical (unpaired) electrons. The normalized spacial score (nSPS) is 11.9. The van der Waals surface area contributed by atoms with E-state index in [0.29, 0.717) is 5.56 Å². The van der Waals surface area contributed by atoms with Gasteiger partial charge >= 0.3 is 5.97 Å². The number of halogens is 1. The van der Waals surface area contributed by atoms with Gasteiger partial charge in [0.05, 0.1) is 11.5 Å². The van der Waals surface area contributed by atoms with E-state index in [9.17, 15) is 14.9 Å². The maximum Gasteiger partial charge on any atom is 0.320 e. The summed E-state index contributed by atoms with van der Waals surface area (Å²) in [7, 11) is 0. The van der Waals surface area contributed by atoms with Gasteiger partial charge in [-0.25, -0.2) is 0 Å². The third-order valence-corrected chi connectivity index (χ3v) is 3.08. The van der Waals surface area contributed by atoms with Gasteiger partial charge in [-0.2, -0.15) is 0 Å². The Morgan fingerprint density at radius 3 is 2.78 bits per heavy atom. The van der Waals surface area contributed by atoms with Crippen molar-refractivity contribution in [2.45, 2.75) is 25.1 Å². The molecule has 1 rings (SSSR count). The van der Waals surface area contributed by atoms with Crippen LogP contribution < -0.4 is 0 Å². The van der Waals surface area contributed by atoms with Crippen molar-refractivity contribution in [1.29, 1.82) is 0 Å². The number of nitro groups is 1. The molecule has 5 nitrogen and oxygen atoms in total. The van der Waals surface area contributed by atoms with Gasteiger partial charge in [0.2, 0.25) is 0 Å². The summed E-state index contributed by atoms with van der Waals surface area (Å²) in [4.78, 5) is 21.4. The minimum atomic E-state index is -0.571. The van der Waals surface area contributed by atoms with Gasteiger partial charge in [-0.3, -0.25) is 14.9 Å². The lowest BCUT2D eigenvalue weighted by atomic mass is 10.1. The number of rotatable bonds is 5. The number of aryl methyl sites for hydroxylation is 1. The van der Waals surface area contributed by atoms with Crippen molar-refractivity contribution in [2.24, 2.45) is 0 Å². The molecular weight excluding hydrogens is 302 g/mol.